The standard InChI is InChI=1S/C22H18ClFN4O2/c1-13(2)20-18-11-25-28(17-9-7-16(24)8-10-17)21(18)22(30)27(26-20)12-19(29)14-3-5-15(23)6-4-14/h3-11,13H,12H2,1-2H3. The van der Waals surface area contributed by atoms with Crippen molar-refractivity contribution in [2.45, 2.75) is 26.3 Å². The van der Waals surface area contributed by atoms with E-state index in [2.05, 4.69) is 10.2 Å². The van der Waals surface area contributed by atoms with E-state index in [0.29, 0.717) is 32.9 Å². The first-order valence-corrected chi connectivity index (χ1v) is 9.76. The second kappa shape index (κ2) is 7.84. The van der Waals surface area contributed by atoms with Crippen LogP contribution >= 0.6 is 11.6 Å². The Morgan fingerprint density at radius 1 is 1.10 bits per heavy atom. The van der Waals surface area contributed by atoms with Gasteiger partial charge in [0.05, 0.1) is 17.6 Å². The molecule has 0 N–H and O–H groups in total. The predicted molar refractivity (Wildman–Crippen MR) is 113 cm³/mol. The van der Waals surface area contributed by atoms with Crippen molar-refractivity contribution < 1.29 is 9.18 Å². The number of fused-ring (bicyclic) bond motifs is 1. The lowest BCUT2D eigenvalue weighted by molar-refractivity contribution is 0.0965. The Balaban J connectivity index is 1.86. The van der Waals surface area contributed by atoms with Gasteiger partial charge in [-0.1, -0.05) is 25.4 Å². The van der Waals surface area contributed by atoms with Crippen LogP contribution in [0.5, 0.6) is 0 Å². The number of halogens is 2. The fraction of sp³-hybridized carbons (Fsp3) is 0.182. The topological polar surface area (TPSA) is 69.8 Å². The van der Waals surface area contributed by atoms with Gasteiger partial charge in [-0.15, -0.1) is 0 Å². The van der Waals surface area contributed by atoms with Crippen molar-refractivity contribution in [3.8, 4) is 5.69 Å². The number of aromatic nitrogens is 4. The number of rotatable bonds is 5. The summed E-state index contributed by atoms with van der Waals surface area (Å²) >= 11 is 5.88. The predicted octanol–water partition coefficient (Wildman–Crippen LogP) is 4.38. The zero-order valence-corrected chi connectivity index (χ0v) is 17.1. The lowest BCUT2D eigenvalue weighted by Crippen LogP contribution is -2.29. The number of carbonyl (C=O) groups is 1. The van der Waals surface area contributed by atoms with Crippen molar-refractivity contribution in [1.82, 2.24) is 19.6 Å². The molecule has 0 bridgehead atoms. The zero-order valence-electron chi connectivity index (χ0n) is 16.3. The van der Waals surface area contributed by atoms with Gasteiger partial charge in [0.15, 0.2) is 5.78 Å². The van der Waals surface area contributed by atoms with Crippen molar-refractivity contribution in [2.75, 3.05) is 0 Å². The Morgan fingerprint density at radius 3 is 2.40 bits per heavy atom. The van der Waals surface area contributed by atoms with Crippen LogP contribution in [0.1, 0.15) is 35.8 Å². The molecule has 0 saturated heterocycles. The maximum absolute atomic E-state index is 13.3. The van der Waals surface area contributed by atoms with Gasteiger partial charge in [0, 0.05) is 16.0 Å². The molecule has 0 aliphatic rings. The smallest absolute Gasteiger partial charge is 0.292 e. The first-order valence-electron chi connectivity index (χ1n) is 9.38. The number of hydrogen-bond donors (Lipinski definition) is 0. The monoisotopic (exact) mass is 424 g/mol. The minimum Gasteiger partial charge on any atom is -0.292 e. The summed E-state index contributed by atoms with van der Waals surface area (Å²) in [6.07, 6.45) is 1.58. The van der Waals surface area contributed by atoms with Gasteiger partial charge in [-0.3, -0.25) is 9.59 Å². The number of benzene rings is 2. The highest BCUT2D eigenvalue weighted by molar-refractivity contribution is 6.30. The number of Topliss-reactive ketones (excluding diaryl/α,β-unsaturated/α-hetero) is 1. The van der Waals surface area contributed by atoms with Crippen molar-refractivity contribution in [3.63, 3.8) is 0 Å². The van der Waals surface area contributed by atoms with Crippen molar-refractivity contribution in [1.29, 1.82) is 0 Å². The minimum atomic E-state index is -0.446. The van der Waals surface area contributed by atoms with Gasteiger partial charge in [0.25, 0.3) is 5.56 Å². The number of ketones is 1. The zero-order chi connectivity index (χ0) is 21.4. The fourth-order valence-corrected chi connectivity index (χ4v) is 3.39. The highest BCUT2D eigenvalue weighted by atomic mass is 35.5. The van der Waals surface area contributed by atoms with Crippen molar-refractivity contribution in [2.24, 2.45) is 0 Å². The summed E-state index contributed by atoms with van der Waals surface area (Å²) in [6.45, 7) is 3.68. The van der Waals surface area contributed by atoms with E-state index in [1.165, 1.54) is 16.8 Å². The Hall–Kier alpha value is -3.32. The van der Waals surface area contributed by atoms with E-state index in [1.807, 2.05) is 13.8 Å². The molecule has 0 aliphatic carbocycles. The molecule has 0 unspecified atom stereocenters. The molecule has 30 heavy (non-hydrogen) atoms. The third kappa shape index (κ3) is 3.64. The van der Waals surface area contributed by atoms with Crippen LogP contribution in [0.15, 0.2) is 59.5 Å². The van der Waals surface area contributed by atoms with E-state index in [9.17, 15) is 14.0 Å². The lowest BCUT2D eigenvalue weighted by atomic mass is 10.1. The normalized spacial score (nSPS) is 11.4. The molecule has 8 heteroatoms. The van der Waals surface area contributed by atoms with Crippen molar-refractivity contribution in [3.05, 3.63) is 87.2 Å². The molecular formula is C22H18ClFN4O2. The Morgan fingerprint density at radius 2 is 1.77 bits per heavy atom. The first-order chi connectivity index (χ1) is 14.3. The Kier molecular flexibility index (Phi) is 5.22. The molecule has 2 aromatic heterocycles. The second-order valence-electron chi connectivity index (χ2n) is 7.23. The van der Waals surface area contributed by atoms with Crippen LogP contribution in [-0.4, -0.2) is 25.3 Å². The van der Waals surface area contributed by atoms with E-state index in [4.69, 9.17) is 11.6 Å². The van der Waals surface area contributed by atoms with Gasteiger partial charge in [-0.2, -0.15) is 10.2 Å². The van der Waals surface area contributed by atoms with E-state index in [1.54, 1.807) is 42.6 Å². The number of hydrogen-bond acceptors (Lipinski definition) is 4. The van der Waals surface area contributed by atoms with Gasteiger partial charge in [-0.05, 0) is 54.4 Å². The molecule has 4 rings (SSSR count). The van der Waals surface area contributed by atoms with E-state index >= 15 is 0 Å². The summed E-state index contributed by atoms with van der Waals surface area (Å²) in [6, 6.07) is 12.2. The van der Waals surface area contributed by atoms with Gasteiger partial charge in [-0.25, -0.2) is 13.8 Å². The van der Waals surface area contributed by atoms with Gasteiger partial charge < -0.3 is 0 Å². The summed E-state index contributed by atoms with van der Waals surface area (Å²) in [5.41, 5.74) is 1.48. The molecule has 0 aliphatic heterocycles. The third-order valence-electron chi connectivity index (χ3n) is 4.79. The van der Waals surface area contributed by atoms with E-state index < -0.39 is 5.56 Å². The molecule has 0 radical (unpaired) electrons. The molecular weight excluding hydrogens is 407 g/mol. The fourth-order valence-electron chi connectivity index (χ4n) is 3.27. The van der Waals surface area contributed by atoms with Crippen LogP contribution in [0, 0.1) is 5.82 Å². The molecule has 0 spiro atoms. The molecule has 0 saturated carbocycles. The average Bonchev–Trinajstić information content (AvgIpc) is 3.16. The minimum absolute atomic E-state index is 0.00384. The Bertz CT molecular complexity index is 1290. The number of carbonyl (C=O) groups excluding carboxylic acids is 1. The maximum atomic E-state index is 13.3. The van der Waals surface area contributed by atoms with Crippen LogP contribution in [0.3, 0.4) is 0 Å². The second-order valence-corrected chi connectivity index (χ2v) is 7.66. The SMILES string of the molecule is CC(C)c1nn(CC(=O)c2ccc(Cl)cc2)c(=O)c2c1cnn2-c1ccc(F)cc1. The first kappa shape index (κ1) is 20.0. The summed E-state index contributed by atoms with van der Waals surface area (Å²) in [4.78, 5) is 26.0. The van der Waals surface area contributed by atoms with Gasteiger partial charge >= 0.3 is 0 Å². The third-order valence-corrected chi connectivity index (χ3v) is 5.04. The van der Waals surface area contributed by atoms with Crippen LogP contribution in [0.4, 0.5) is 4.39 Å². The van der Waals surface area contributed by atoms with Crippen LogP contribution in [-0.2, 0) is 6.54 Å². The molecule has 2 heterocycles. The molecule has 152 valence electrons. The van der Waals surface area contributed by atoms with E-state index in [0.717, 1.165) is 4.68 Å². The molecule has 0 amide bonds. The molecule has 2 aromatic carbocycles. The quantitative estimate of drug-likeness (QED) is 0.446. The van der Waals surface area contributed by atoms with E-state index in [-0.39, 0.29) is 24.1 Å². The molecule has 6 nitrogen and oxygen atoms in total. The Labute approximate surface area is 176 Å². The molecule has 4 aromatic rings. The van der Waals surface area contributed by atoms with Gasteiger partial charge in [0.1, 0.15) is 17.9 Å². The van der Waals surface area contributed by atoms with Crippen LogP contribution in [0.2, 0.25) is 5.02 Å². The average molecular weight is 425 g/mol. The summed E-state index contributed by atoms with van der Waals surface area (Å²) in [5, 5.41) is 9.90. The summed E-state index contributed by atoms with van der Waals surface area (Å²) < 4.78 is 15.9. The summed E-state index contributed by atoms with van der Waals surface area (Å²) in [5.74, 6) is -0.648. The van der Waals surface area contributed by atoms with Gasteiger partial charge in [0.2, 0.25) is 0 Å². The van der Waals surface area contributed by atoms with Crippen LogP contribution < -0.4 is 5.56 Å². The highest BCUT2D eigenvalue weighted by Gasteiger charge is 2.20. The lowest BCUT2D eigenvalue weighted by Gasteiger charge is -2.12. The maximum Gasteiger partial charge on any atom is 0.293 e. The molecule has 0 atom stereocenters. The molecule has 0 fully saturated rings. The number of nitrogens with zero attached hydrogens (tertiary/aromatic N) is 4. The highest BCUT2D eigenvalue weighted by Crippen LogP contribution is 2.23. The van der Waals surface area contributed by atoms with Crippen molar-refractivity contribution >= 4 is 28.3 Å². The summed E-state index contributed by atoms with van der Waals surface area (Å²) in [7, 11) is 0. The van der Waals surface area contributed by atoms with Crippen LogP contribution in [0.25, 0.3) is 16.6 Å². The largest absolute Gasteiger partial charge is 0.293 e.